The molecular formula is C16H31IN4O3S. The fourth-order valence-corrected chi connectivity index (χ4v) is 3.77. The summed E-state index contributed by atoms with van der Waals surface area (Å²) >= 11 is 0. The quantitative estimate of drug-likeness (QED) is 0.332. The number of carbonyl (C=O) groups excluding carboxylic acids is 1. The van der Waals surface area contributed by atoms with Gasteiger partial charge in [-0.25, -0.2) is 8.42 Å². The van der Waals surface area contributed by atoms with Gasteiger partial charge in [-0.15, -0.1) is 24.0 Å². The molecule has 1 atom stereocenters. The molecular weight excluding hydrogens is 455 g/mol. The van der Waals surface area contributed by atoms with E-state index in [2.05, 4.69) is 15.6 Å². The standard InChI is InChI=1S/C16H30N4O3S.HI/c1-3-17-16(18-9-11-24(2,22)23)19-14-8-10-20(12-14)15(21)13-6-4-5-7-13;/h13-14H,3-12H2,1-2H3,(H2,17,18,19);1H. The lowest BCUT2D eigenvalue weighted by molar-refractivity contribution is -0.134. The number of guanidine groups is 1. The number of hydrogen-bond acceptors (Lipinski definition) is 4. The molecule has 0 aromatic carbocycles. The zero-order chi connectivity index (χ0) is 17.6. The third-order valence-electron chi connectivity index (χ3n) is 4.62. The van der Waals surface area contributed by atoms with E-state index in [-0.39, 0.29) is 48.2 Å². The maximum Gasteiger partial charge on any atom is 0.225 e. The Labute approximate surface area is 168 Å². The van der Waals surface area contributed by atoms with Crippen LogP contribution in [-0.4, -0.2) is 69.4 Å². The summed E-state index contributed by atoms with van der Waals surface area (Å²) in [7, 11) is -3.01. The average molecular weight is 486 g/mol. The van der Waals surface area contributed by atoms with Crippen LogP contribution in [0.3, 0.4) is 0 Å². The first-order chi connectivity index (χ1) is 11.4. The Morgan fingerprint density at radius 1 is 1.24 bits per heavy atom. The van der Waals surface area contributed by atoms with Gasteiger partial charge in [-0.1, -0.05) is 12.8 Å². The predicted octanol–water partition coefficient (Wildman–Crippen LogP) is 0.995. The fourth-order valence-electron chi connectivity index (χ4n) is 3.35. The van der Waals surface area contributed by atoms with Crippen LogP contribution in [0.4, 0.5) is 0 Å². The second-order valence-corrected chi connectivity index (χ2v) is 9.05. The first-order valence-corrected chi connectivity index (χ1v) is 11.0. The Morgan fingerprint density at radius 2 is 1.92 bits per heavy atom. The molecule has 0 bridgehead atoms. The second-order valence-electron chi connectivity index (χ2n) is 6.79. The molecule has 0 aromatic rings. The Kier molecular flexibility index (Phi) is 9.47. The zero-order valence-electron chi connectivity index (χ0n) is 15.2. The van der Waals surface area contributed by atoms with Crippen molar-refractivity contribution in [2.75, 3.05) is 38.2 Å². The number of likely N-dealkylation sites (tertiary alicyclic amines) is 1. The van der Waals surface area contributed by atoms with Crippen LogP contribution in [0.2, 0.25) is 0 Å². The average Bonchev–Trinajstić information content (AvgIpc) is 3.17. The molecule has 0 aromatic heterocycles. The van der Waals surface area contributed by atoms with E-state index in [0.29, 0.717) is 25.0 Å². The molecule has 25 heavy (non-hydrogen) atoms. The maximum atomic E-state index is 12.5. The van der Waals surface area contributed by atoms with Gasteiger partial charge >= 0.3 is 0 Å². The normalized spacial score (nSPS) is 21.9. The highest BCUT2D eigenvalue weighted by molar-refractivity contribution is 14.0. The van der Waals surface area contributed by atoms with Crippen molar-refractivity contribution in [3.05, 3.63) is 0 Å². The van der Waals surface area contributed by atoms with Gasteiger partial charge in [0.15, 0.2) is 5.96 Å². The number of amides is 1. The number of halogens is 1. The van der Waals surface area contributed by atoms with E-state index in [1.54, 1.807) is 0 Å². The Bertz CT molecular complexity index is 562. The van der Waals surface area contributed by atoms with Crippen molar-refractivity contribution in [2.24, 2.45) is 10.9 Å². The lowest BCUT2D eigenvalue weighted by atomic mass is 10.1. The smallest absolute Gasteiger partial charge is 0.225 e. The van der Waals surface area contributed by atoms with Gasteiger partial charge in [0.1, 0.15) is 9.84 Å². The lowest BCUT2D eigenvalue weighted by Gasteiger charge is -2.21. The largest absolute Gasteiger partial charge is 0.357 e. The summed E-state index contributed by atoms with van der Waals surface area (Å²) in [5.74, 6) is 1.19. The molecule has 2 aliphatic rings. The molecule has 2 rings (SSSR count). The SMILES string of the molecule is CCNC(=NCCS(C)(=O)=O)NC1CCN(C(=O)C2CCCC2)C1.I. The minimum Gasteiger partial charge on any atom is -0.357 e. The number of rotatable bonds is 6. The summed E-state index contributed by atoms with van der Waals surface area (Å²) in [5, 5.41) is 6.46. The molecule has 1 amide bonds. The topological polar surface area (TPSA) is 90.9 Å². The second kappa shape index (κ2) is 10.5. The highest BCUT2D eigenvalue weighted by atomic mass is 127. The van der Waals surface area contributed by atoms with Gasteiger partial charge in [-0.3, -0.25) is 9.79 Å². The van der Waals surface area contributed by atoms with Crippen LogP contribution in [0.15, 0.2) is 4.99 Å². The highest BCUT2D eigenvalue weighted by Gasteiger charge is 2.32. The molecule has 1 aliphatic heterocycles. The van der Waals surface area contributed by atoms with Gasteiger partial charge in [0.05, 0.1) is 12.3 Å². The summed E-state index contributed by atoms with van der Waals surface area (Å²) in [4.78, 5) is 18.8. The first-order valence-electron chi connectivity index (χ1n) is 8.90. The van der Waals surface area contributed by atoms with E-state index >= 15 is 0 Å². The minimum atomic E-state index is -3.01. The summed E-state index contributed by atoms with van der Waals surface area (Å²) < 4.78 is 22.4. The summed E-state index contributed by atoms with van der Waals surface area (Å²) in [6, 6.07) is 0.173. The van der Waals surface area contributed by atoms with Crippen molar-refractivity contribution in [2.45, 2.75) is 45.1 Å². The van der Waals surface area contributed by atoms with Crippen molar-refractivity contribution in [3.63, 3.8) is 0 Å². The molecule has 1 saturated heterocycles. The third kappa shape index (κ3) is 7.67. The van der Waals surface area contributed by atoms with Gasteiger partial charge in [-0.2, -0.15) is 0 Å². The Hall–Kier alpha value is -0.580. The molecule has 1 unspecified atom stereocenters. The van der Waals surface area contributed by atoms with E-state index in [1.165, 1.54) is 19.1 Å². The van der Waals surface area contributed by atoms with Crippen molar-refractivity contribution in [1.29, 1.82) is 0 Å². The maximum absolute atomic E-state index is 12.5. The monoisotopic (exact) mass is 486 g/mol. The van der Waals surface area contributed by atoms with Crippen molar-refractivity contribution < 1.29 is 13.2 Å². The molecule has 7 nitrogen and oxygen atoms in total. The van der Waals surface area contributed by atoms with E-state index in [0.717, 1.165) is 25.8 Å². The van der Waals surface area contributed by atoms with Crippen LogP contribution in [0.25, 0.3) is 0 Å². The number of sulfone groups is 1. The first kappa shape index (κ1) is 22.5. The zero-order valence-corrected chi connectivity index (χ0v) is 18.3. The van der Waals surface area contributed by atoms with Gasteiger partial charge in [0.25, 0.3) is 0 Å². The van der Waals surface area contributed by atoms with Crippen LogP contribution in [-0.2, 0) is 14.6 Å². The summed E-state index contributed by atoms with van der Waals surface area (Å²) in [6.45, 7) is 4.41. The van der Waals surface area contributed by atoms with Crippen molar-refractivity contribution in [3.8, 4) is 0 Å². The summed E-state index contributed by atoms with van der Waals surface area (Å²) in [6.07, 6.45) is 6.51. The Morgan fingerprint density at radius 3 is 2.52 bits per heavy atom. The predicted molar refractivity (Wildman–Crippen MR) is 111 cm³/mol. The van der Waals surface area contributed by atoms with Crippen LogP contribution >= 0.6 is 24.0 Å². The van der Waals surface area contributed by atoms with Crippen LogP contribution < -0.4 is 10.6 Å². The summed E-state index contributed by atoms with van der Waals surface area (Å²) in [5.41, 5.74) is 0. The molecule has 1 aliphatic carbocycles. The molecule has 2 fully saturated rings. The van der Waals surface area contributed by atoms with Gasteiger partial charge < -0.3 is 15.5 Å². The molecule has 1 saturated carbocycles. The van der Waals surface area contributed by atoms with E-state index in [9.17, 15) is 13.2 Å². The number of hydrogen-bond donors (Lipinski definition) is 2. The molecule has 1 heterocycles. The van der Waals surface area contributed by atoms with Gasteiger partial charge in [0, 0.05) is 37.8 Å². The third-order valence-corrected chi connectivity index (χ3v) is 5.55. The number of nitrogens with zero attached hydrogens (tertiary/aromatic N) is 2. The molecule has 9 heteroatoms. The van der Waals surface area contributed by atoms with Crippen molar-refractivity contribution in [1.82, 2.24) is 15.5 Å². The molecule has 0 spiro atoms. The van der Waals surface area contributed by atoms with E-state index in [4.69, 9.17) is 0 Å². The lowest BCUT2D eigenvalue weighted by Crippen LogP contribution is -2.45. The number of nitrogens with one attached hydrogen (secondary N) is 2. The van der Waals surface area contributed by atoms with Crippen LogP contribution in [0, 0.1) is 5.92 Å². The van der Waals surface area contributed by atoms with Crippen LogP contribution in [0.5, 0.6) is 0 Å². The minimum absolute atomic E-state index is 0. The molecule has 0 radical (unpaired) electrons. The van der Waals surface area contributed by atoms with Crippen LogP contribution in [0.1, 0.15) is 39.0 Å². The molecule has 2 N–H and O–H groups in total. The van der Waals surface area contributed by atoms with E-state index in [1.807, 2.05) is 11.8 Å². The van der Waals surface area contributed by atoms with Gasteiger partial charge in [-0.05, 0) is 26.2 Å². The fraction of sp³-hybridized carbons (Fsp3) is 0.875. The number of carbonyl (C=O) groups is 1. The molecule has 146 valence electrons. The van der Waals surface area contributed by atoms with E-state index < -0.39 is 9.84 Å². The van der Waals surface area contributed by atoms with Crippen molar-refractivity contribution >= 4 is 45.7 Å². The van der Waals surface area contributed by atoms with Gasteiger partial charge in [0.2, 0.25) is 5.91 Å². The highest BCUT2D eigenvalue weighted by Crippen LogP contribution is 2.27. The Balaban J connectivity index is 0.00000312. The number of aliphatic imine (C=N–C) groups is 1.